The predicted octanol–water partition coefficient (Wildman–Crippen LogP) is 4.30. The molecule has 4 heteroatoms. The van der Waals surface area contributed by atoms with E-state index >= 15 is 0 Å². The highest BCUT2D eigenvalue weighted by Gasteiger charge is 2.02. The van der Waals surface area contributed by atoms with Crippen LogP contribution in [0, 0.1) is 0 Å². The van der Waals surface area contributed by atoms with Crippen LogP contribution in [0.25, 0.3) is 5.69 Å². The van der Waals surface area contributed by atoms with Crippen molar-refractivity contribution in [1.29, 1.82) is 0 Å². The van der Waals surface area contributed by atoms with E-state index in [1.165, 1.54) is 5.69 Å². The molecule has 2 aromatic carbocycles. The summed E-state index contributed by atoms with van der Waals surface area (Å²) in [7, 11) is 5.74. The average molecular weight is 319 g/mol. The zero-order chi connectivity index (χ0) is 16.9. The summed E-state index contributed by atoms with van der Waals surface area (Å²) in [5.74, 6) is 0.805. The predicted molar refractivity (Wildman–Crippen MR) is 100 cm³/mol. The molecule has 0 aliphatic carbocycles. The van der Waals surface area contributed by atoms with Gasteiger partial charge in [0.15, 0.2) is 0 Å². The second-order valence-corrected chi connectivity index (χ2v) is 5.67. The van der Waals surface area contributed by atoms with E-state index in [2.05, 4.69) is 38.7 Å². The number of methoxy groups -OCH3 is 1. The molecule has 3 aromatic rings. The summed E-state index contributed by atoms with van der Waals surface area (Å²) < 4.78 is 7.35. The summed E-state index contributed by atoms with van der Waals surface area (Å²) >= 11 is 0. The molecule has 0 spiro atoms. The minimum atomic E-state index is 0.805. The topological polar surface area (TPSA) is 29.8 Å². The number of benzene rings is 2. The standard InChI is InChI=1S/C20H21N3O/c1-22(2)17-9-11-18(12-10-17)23-13-5-7-19(23)15-21-16-6-4-8-20(14-16)24-3/h4-15H,1-3H3. The maximum absolute atomic E-state index is 5.23. The molecule has 0 N–H and O–H groups in total. The minimum Gasteiger partial charge on any atom is -0.497 e. The molecule has 0 atom stereocenters. The van der Waals surface area contributed by atoms with Crippen molar-refractivity contribution in [3.8, 4) is 11.4 Å². The van der Waals surface area contributed by atoms with Gasteiger partial charge in [-0.1, -0.05) is 6.07 Å². The lowest BCUT2D eigenvalue weighted by atomic mass is 10.2. The highest BCUT2D eigenvalue weighted by molar-refractivity contribution is 5.81. The van der Waals surface area contributed by atoms with Gasteiger partial charge < -0.3 is 14.2 Å². The van der Waals surface area contributed by atoms with Crippen LogP contribution in [0.15, 0.2) is 71.9 Å². The van der Waals surface area contributed by atoms with Gasteiger partial charge in [-0.2, -0.15) is 0 Å². The molecular formula is C20H21N3O. The fourth-order valence-corrected chi connectivity index (χ4v) is 2.48. The number of anilines is 1. The zero-order valence-electron chi connectivity index (χ0n) is 14.2. The largest absolute Gasteiger partial charge is 0.497 e. The van der Waals surface area contributed by atoms with Crippen molar-refractivity contribution >= 4 is 17.6 Å². The van der Waals surface area contributed by atoms with Gasteiger partial charge in [0.25, 0.3) is 0 Å². The first-order chi connectivity index (χ1) is 11.7. The second kappa shape index (κ2) is 7.04. The molecule has 1 aromatic heterocycles. The van der Waals surface area contributed by atoms with Crippen LogP contribution in [-0.2, 0) is 0 Å². The summed E-state index contributed by atoms with van der Waals surface area (Å²) in [6.07, 6.45) is 3.91. The number of hydrogen-bond acceptors (Lipinski definition) is 3. The van der Waals surface area contributed by atoms with Gasteiger partial charge in [0.1, 0.15) is 5.75 Å². The van der Waals surface area contributed by atoms with Crippen molar-refractivity contribution in [2.24, 2.45) is 4.99 Å². The number of aromatic nitrogens is 1. The maximum Gasteiger partial charge on any atom is 0.121 e. The summed E-state index contributed by atoms with van der Waals surface area (Å²) in [5.41, 5.74) is 4.18. The molecule has 1 heterocycles. The Balaban J connectivity index is 1.86. The number of ether oxygens (including phenoxy) is 1. The van der Waals surface area contributed by atoms with Crippen LogP contribution in [0.1, 0.15) is 5.69 Å². The van der Waals surface area contributed by atoms with Crippen LogP contribution in [-0.4, -0.2) is 32.0 Å². The minimum absolute atomic E-state index is 0.805. The SMILES string of the molecule is COc1cccc(N=Cc2cccn2-c2ccc(N(C)C)cc2)c1. The van der Waals surface area contributed by atoms with Gasteiger partial charge in [-0.25, -0.2) is 0 Å². The molecule has 24 heavy (non-hydrogen) atoms. The van der Waals surface area contributed by atoms with Crippen LogP contribution < -0.4 is 9.64 Å². The Bertz CT molecular complexity index is 832. The molecule has 0 aliphatic rings. The Morgan fingerprint density at radius 1 is 1.00 bits per heavy atom. The van der Waals surface area contributed by atoms with E-state index in [1.807, 2.05) is 62.9 Å². The Kier molecular flexibility index (Phi) is 4.66. The highest BCUT2D eigenvalue weighted by Crippen LogP contribution is 2.20. The molecule has 4 nitrogen and oxygen atoms in total. The first-order valence-electron chi connectivity index (χ1n) is 7.80. The third-order valence-corrected chi connectivity index (χ3v) is 3.82. The number of rotatable bonds is 5. The molecule has 0 radical (unpaired) electrons. The van der Waals surface area contributed by atoms with Crippen molar-refractivity contribution in [1.82, 2.24) is 4.57 Å². The van der Waals surface area contributed by atoms with E-state index in [9.17, 15) is 0 Å². The van der Waals surface area contributed by atoms with Crippen LogP contribution in [0.5, 0.6) is 5.75 Å². The smallest absolute Gasteiger partial charge is 0.121 e. The first-order valence-corrected chi connectivity index (χ1v) is 7.80. The molecule has 122 valence electrons. The summed E-state index contributed by atoms with van der Waals surface area (Å²) in [6.45, 7) is 0. The number of hydrogen-bond donors (Lipinski definition) is 0. The lowest BCUT2D eigenvalue weighted by molar-refractivity contribution is 0.415. The maximum atomic E-state index is 5.23. The molecular weight excluding hydrogens is 298 g/mol. The van der Waals surface area contributed by atoms with E-state index in [0.717, 1.165) is 22.8 Å². The fourth-order valence-electron chi connectivity index (χ4n) is 2.48. The van der Waals surface area contributed by atoms with Gasteiger partial charge in [0.05, 0.1) is 24.7 Å². The molecule has 3 rings (SSSR count). The van der Waals surface area contributed by atoms with Gasteiger partial charge in [-0.05, 0) is 48.5 Å². The fraction of sp³-hybridized carbons (Fsp3) is 0.150. The molecule has 0 bridgehead atoms. The van der Waals surface area contributed by atoms with Crippen molar-refractivity contribution in [3.05, 3.63) is 72.6 Å². The molecule has 0 aliphatic heterocycles. The quantitative estimate of drug-likeness (QED) is 0.656. The van der Waals surface area contributed by atoms with Crippen molar-refractivity contribution in [3.63, 3.8) is 0 Å². The second-order valence-electron chi connectivity index (χ2n) is 5.67. The molecule has 0 fully saturated rings. The zero-order valence-corrected chi connectivity index (χ0v) is 14.2. The van der Waals surface area contributed by atoms with Crippen molar-refractivity contribution < 1.29 is 4.74 Å². The van der Waals surface area contributed by atoms with Gasteiger partial charge in [0.2, 0.25) is 0 Å². The van der Waals surface area contributed by atoms with Gasteiger partial charge in [-0.3, -0.25) is 4.99 Å². The van der Waals surface area contributed by atoms with Gasteiger partial charge in [-0.15, -0.1) is 0 Å². The normalized spacial score (nSPS) is 11.0. The van der Waals surface area contributed by atoms with Crippen LogP contribution >= 0.6 is 0 Å². The Morgan fingerprint density at radius 2 is 1.79 bits per heavy atom. The summed E-state index contributed by atoms with van der Waals surface area (Å²) in [5, 5.41) is 0. The number of aliphatic imine (C=N–C) groups is 1. The van der Waals surface area contributed by atoms with Crippen LogP contribution in [0.4, 0.5) is 11.4 Å². The van der Waals surface area contributed by atoms with E-state index in [4.69, 9.17) is 4.74 Å². The van der Waals surface area contributed by atoms with Crippen molar-refractivity contribution in [2.75, 3.05) is 26.1 Å². The first kappa shape index (κ1) is 15.9. The summed E-state index contributed by atoms with van der Waals surface area (Å²) in [6, 6.07) is 20.2. The lowest BCUT2D eigenvalue weighted by Crippen LogP contribution is -2.08. The highest BCUT2D eigenvalue weighted by atomic mass is 16.5. The third-order valence-electron chi connectivity index (χ3n) is 3.82. The molecule has 0 saturated carbocycles. The summed E-state index contributed by atoms with van der Waals surface area (Å²) in [4.78, 5) is 6.64. The number of nitrogens with zero attached hydrogens (tertiary/aromatic N) is 3. The van der Waals surface area contributed by atoms with Gasteiger partial charge >= 0.3 is 0 Å². The van der Waals surface area contributed by atoms with Crippen molar-refractivity contribution in [2.45, 2.75) is 0 Å². The van der Waals surface area contributed by atoms with Crippen LogP contribution in [0.3, 0.4) is 0 Å². The Labute approximate surface area is 142 Å². The van der Waals surface area contributed by atoms with E-state index < -0.39 is 0 Å². The molecule has 0 unspecified atom stereocenters. The molecule has 0 amide bonds. The van der Waals surface area contributed by atoms with E-state index in [1.54, 1.807) is 7.11 Å². The third kappa shape index (κ3) is 3.49. The average Bonchev–Trinajstić information content (AvgIpc) is 3.09. The van der Waals surface area contributed by atoms with E-state index in [0.29, 0.717) is 0 Å². The lowest BCUT2D eigenvalue weighted by Gasteiger charge is -2.13. The van der Waals surface area contributed by atoms with E-state index in [-0.39, 0.29) is 0 Å². The molecule has 0 saturated heterocycles. The Morgan fingerprint density at radius 3 is 2.50 bits per heavy atom. The van der Waals surface area contributed by atoms with Crippen LogP contribution in [0.2, 0.25) is 0 Å². The van der Waals surface area contributed by atoms with Gasteiger partial charge in [0, 0.05) is 37.7 Å². The Hall–Kier alpha value is -3.01. The monoisotopic (exact) mass is 319 g/mol.